The van der Waals surface area contributed by atoms with Crippen LogP contribution in [0.15, 0.2) is 24.3 Å². The van der Waals surface area contributed by atoms with Crippen molar-refractivity contribution in [2.24, 2.45) is 0 Å². The second-order valence-electron chi connectivity index (χ2n) is 3.63. The molecule has 0 aliphatic carbocycles. The summed E-state index contributed by atoms with van der Waals surface area (Å²) >= 11 is 12.0. The number of hydrogen-bond acceptors (Lipinski definition) is 4. The number of benzene rings is 1. The number of anilines is 1. The number of hydrogen-bond donors (Lipinski definition) is 2. The predicted molar refractivity (Wildman–Crippen MR) is 77.1 cm³/mol. The van der Waals surface area contributed by atoms with Gasteiger partial charge >= 0.3 is 6.01 Å². The van der Waals surface area contributed by atoms with Crippen molar-refractivity contribution in [2.45, 2.75) is 0 Å². The molecular weight excluding hydrogens is 303 g/mol. The van der Waals surface area contributed by atoms with E-state index in [4.69, 9.17) is 27.9 Å². The molecule has 1 aromatic carbocycles. The van der Waals surface area contributed by atoms with Crippen LogP contribution in [0.25, 0.3) is 6.08 Å². The topological polar surface area (TPSA) is 79.9 Å². The highest BCUT2D eigenvalue weighted by Gasteiger charge is 2.06. The van der Waals surface area contributed by atoms with Gasteiger partial charge in [0, 0.05) is 21.7 Å². The first-order valence-electron chi connectivity index (χ1n) is 5.49. The minimum atomic E-state index is -0.403. The maximum absolute atomic E-state index is 11.7. The van der Waals surface area contributed by atoms with Crippen molar-refractivity contribution in [3.05, 3.63) is 39.9 Å². The summed E-state index contributed by atoms with van der Waals surface area (Å²) < 4.78 is 4.78. The standard InChI is InChI=1S/C12H10Cl2N4O2/c1-20-12-16-11(17-18-12)15-10(19)6-5-7-8(13)3-2-4-9(7)14/h2-6H,1H3,(H2,15,16,17,18,19)/b6-5+. The summed E-state index contributed by atoms with van der Waals surface area (Å²) in [5.41, 5.74) is 0.570. The van der Waals surface area contributed by atoms with E-state index in [-0.39, 0.29) is 12.0 Å². The van der Waals surface area contributed by atoms with Gasteiger partial charge in [-0.1, -0.05) is 29.3 Å². The molecule has 0 unspecified atom stereocenters. The molecule has 1 heterocycles. The first kappa shape index (κ1) is 14.4. The Hall–Kier alpha value is -2.05. The number of H-pyrrole nitrogens is 1. The highest BCUT2D eigenvalue weighted by atomic mass is 35.5. The molecule has 2 aromatic rings. The van der Waals surface area contributed by atoms with E-state index in [1.165, 1.54) is 19.3 Å². The molecule has 2 N–H and O–H groups in total. The van der Waals surface area contributed by atoms with Crippen molar-refractivity contribution in [3.8, 4) is 6.01 Å². The third kappa shape index (κ3) is 3.49. The smallest absolute Gasteiger partial charge is 0.336 e. The fraction of sp³-hybridized carbons (Fsp3) is 0.0833. The normalized spacial score (nSPS) is 10.8. The van der Waals surface area contributed by atoms with E-state index in [1.807, 2.05) is 0 Å². The Morgan fingerprint density at radius 2 is 2.10 bits per heavy atom. The van der Waals surface area contributed by atoms with Crippen LogP contribution in [0.1, 0.15) is 5.56 Å². The van der Waals surface area contributed by atoms with E-state index >= 15 is 0 Å². The summed E-state index contributed by atoms with van der Waals surface area (Å²) in [6.45, 7) is 0. The predicted octanol–water partition coefficient (Wildman–Crippen LogP) is 2.77. The van der Waals surface area contributed by atoms with Crippen LogP contribution in [0, 0.1) is 0 Å². The number of ether oxygens (including phenoxy) is 1. The average Bonchev–Trinajstić information content (AvgIpc) is 2.86. The van der Waals surface area contributed by atoms with E-state index in [0.717, 1.165) is 0 Å². The number of rotatable bonds is 4. The summed E-state index contributed by atoms with van der Waals surface area (Å²) in [7, 11) is 1.42. The van der Waals surface area contributed by atoms with Crippen molar-refractivity contribution >= 4 is 41.1 Å². The zero-order valence-corrected chi connectivity index (χ0v) is 11.9. The van der Waals surface area contributed by atoms with Gasteiger partial charge in [-0.2, -0.15) is 4.98 Å². The summed E-state index contributed by atoms with van der Waals surface area (Å²) in [6.07, 6.45) is 2.82. The molecule has 1 aromatic heterocycles. The lowest BCUT2D eigenvalue weighted by Crippen LogP contribution is -2.09. The largest absolute Gasteiger partial charge is 0.466 e. The van der Waals surface area contributed by atoms with Gasteiger partial charge in [0.2, 0.25) is 5.95 Å². The number of carbonyl (C=O) groups excluding carboxylic acids is 1. The van der Waals surface area contributed by atoms with Crippen molar-refractivity contribution in [3.63, 3.8) is 0 Å². The van der Waals surface area contributed by atoms with Gasteiger partial charge in [-0.15, -0.1) is 5.10 Å². The molecule has 8 heteroatoms. The average molecular weight is 313 g/mol. The number of nitrogens with one attached hydrogen (secondary N) is 2. The number of methoxy groups -OCH3 is 1. The molecule has 0 radical (unpaired) electrons. The van der Waals surface area contributed by atoms with E-state index in [9.17, 15) is 4.79 Å². The van der Waals surface area contributed by atoms with Gasteiger partial charge in [-0.25, -0.2) is 5.10 Å². The molecule has 0 fully saturated rings. The monoisotopic (exact) mass is 312 g/mol. The molecule has 0 saturated carbocycles. The first-order chi connectivity index (χ1) is 9.60. The van der Waals surface area contributed by atoms with Crippen LogP contribution in [-0.2, 0) is 4.79 Å². The number of aromatic amines is 1. The Labute approximate surface area is 124 Å². The number of aromatic nitrogens is 3. The van der Waals surface area contributed by atoms with Crippen molar-refractivity contribution in [1.82, 2.24) is 15.2 Å². The lowest BCUT2D eigenvalue weighted by molar-refractivity contribution is -0.111. The van der Waals surface area contributed by atoms with Gasteiger partial charge in [0.05, 0.1) is 7.11 Å². The molecule has 0 spiro atoms. The quantitative estimate of drug-likeness (QED) is 0.851. The van der Waals surface area contributed by atoms with Crippen LogP contribution in [-0.4, -0.2) is 28.2 Å². The molecule has 1 amide bonds. The first-order valence-corrected chi connectivity index (χ1v) is 6.25. The van der Waals surface area contributed by atoms with E-state index < -0.39 is 5.91 Å². The number of carbonyl (C=O) groups is 1. The molecule has 0 bridgehead atoms. The van der Waals surface area contributed by atoms with Crippen LogP contribution >= 0.6 is 23.2 Å². The minimum absolute atomic E-state index is 0.137. The Morgan fingerprint density at radius 3 is 2.70 bits per heavy atom. The lowest BCUT2D eigenvalue weighted by atomic mass is 10.2. The Kier molecular flexibility index (Phi) is 4.60. The van der Waals surface area contributed by atoms with E-state index in [1.54, 1.807) is 18.2 Å². The maximum atomic E-state index is 11.7. The molecule has 0 atom stereocenters. The van der Waals surface area contributed by atoms with Crippen molar-refractivity contribution in [1.29, 1.82) is 0 Å². The molecule has 0 aliphatic rings. The van der Waals surface area contributed by atoms with Crippen LogP contribution in [0.2, 0.25) is 10.0 Å². The third-order valence-corrected chi connectivity index (χ3v) is 2.95. The van der Waals surface area contributed by atoms with Gasteiger partial charge in [-0.3, -0.25) is 10.1 Å². The van der Waals surface area contributed by atoms with Crippen molar-refractivity contribution < 1.29 is 9.53 Å². The van der Waals surface area contributed by atoms with Crippen LogP contribution < -0.4 is 10.1 Å². The third-order valence-electron chi connectivity index (χ3n) is 2.29. The van der Waals surface area contributed by atoms with Gasteiger partial charge in [0.15, 0.2) is 0 Å². The Balaban J connectivity index is 2.06. The zero-order chi connectivity index (χ0) is 14.5. The number of halogens is 2. The zero-order valence-electron chi connectivity index (χ0n) is 10.4. The Morgan fingerprint density at radius 1 is 1.40 bits per heavy atom. The molecule has 104 valence electrons. The van der Waals surface area contributed by atoms with E-state index in [2.05, 4.69) is 20.5 Å². The second kappa shape index (κ2) is 6.40. The minimum Gasteiger partial charge on any atom is -0.466 e. The van der Waals surface area contributed by atoms with Gasteiger partial charge < -0.3 is 4.74 Å². The number of nitrogens with zero attached hydrogens (tertiary/aromatic N) is 2. The fourth-order valence-corrected chi connectivity index (χ4v) is 1.90. The highest BCUT2D eigenvalue weighted by Crippen LogP contribution is 2.25. The molecule has 0 saturated heterocycles. The molecule has 20 heavy (non-hydrogen) atoms. The van der Waals surface area contributed by atoms with Crippen LogP contribution in [0.3, 0.4) is 0 Å². The van der Waals surface area contributed by atoms with E-state index in [0.29, 0.717) is 15.6 Å². The summed E-state index contributed by atoms with van der Waals surface area (Å²) in [5.74, 6) is -0.221. The van der Waals surface area contributed by atoms with Crippen molar-refractivity contribution in [2.75, 3.05) is 12.4 Å². The number of amides is 1. The lowest BCUT2D eigenvalue weighted by Gasteiger charge is -2.00. The molecular formula is C12H10Cl2N4O2. The summed E-state index contributed by atoms with van der Waals surface area (Å²) in [5, 5.41) is 9.61. The van der Waals surface area contributed by atoms with Crippen LogP contribution in [0.4, 0.5) is 5.95 Å². The molecule has 6 nitrogen and oxygen atoms in total. The van der Waals surface area contributed by atoms with Gasteiger partial charge in [-0.05, 0) is 18.2 Å². The molecule has 2 rings (SSSR count). The summed E-state index contributed by atoms with van der Waals surface area (Å²) in [4.78, 5) is 15.5. The Bertz CT molecular complexity index is 634. The highest BCUT2D eigenvalue weighted by molar-refractivity contribution is 6.37. The summed E-state index contributed by atoms with van der Waals surface area (Å²) in [6, 6.07) is 5.24. The van der Waals surface area contributed by atoms with Gasteiger partial charge in [0.25, 0.3) is 5.91 Å². The maximum Gasteiger partial charge on any atom is 0.336 e. The fourth-order valence-electron chi connectivity index (χ4n) is 1.38. The van der Waals surface area contributed by atoms with Gasteiger partial charge in [0.1, 0.15) is 0 Å². The molecule has 0 aliphatic heterocycles. The van der Waals surface area contributed by atoms with Crippen LogP contribution in [0.5, 0.6) is 6.01 Å². The SMILES string of the molecule is COc1n[nH]c(NC(=O)/C=C/c2c(Cl)cccc2Cl)n1. The second-order valence-corrected chi connectivity index (χ2v) is 4.44.